The molecule has 0 atom stereocenters. The van der Waals surface area contributed by atoms with Crippen molar-refractivity contribution in [1.82, 2.24) is 20.2 Å². The van der Waals surface area contributed by atoms with Crippen molar-refractivity contribution in [2.45, 2.75) is 26.7 Å². The maximum atomic E-state index is 14.7. The Hall–Kier alpha value is -4.10. The van der Waals surface area contributed by atoms with Gasteiger partial charge >= 0.3 is 6.61 Å². The number of aryl methyl sites for hydroxylation is 1. The number of aliphatic hydroxyl groups excluding tert-OH is 1. The maximum Gasteiger partial charge on any atom is 0.387 e. The molecule has 0 saturated heterocycles. The van der Waals surface area contributed by atoms with E-state index >= 15 is 0 Å². The Morgan fingerprint density at radius 3 is 2.72 bits per heavy atom. The predicted octanol–water partition coefficient (Wildman–Crippen LogP) is 4.37. The number of nitrogens with zero attached hydrogens (tertiary/aromatic N) is 4. The van der Waals surface area contributed by atoms with E-state index in [2.05, 4.69) is 30.2 Å². The summed E-state index contributed by atoms with van der Waals surface area (Å²) in [6, 6.07) is 8.28. The van der Waals surface area contributed by atoms with Crippen LogP contribution >= 0.6 is 11.3 Å². The minimum atomic E-state index is -3.19. The average molecular weight is 517 g/mol. The third-order valence-electron chi connectivity index (χ3n) is 4.79. The molecule has 3 aromatic heterocycles. The number of anilines is 1. The number of ether oxygens (including phenoxy) is 2. The molecule has 0 fully saturated rings. The second kappa shape index (κ2) is 11.1. The molecule has 0 bridgehead atoms. The number of aliphatic hydroxyl groups is 1. The number of halogens is 3. The Labute approximate surface area is 206 Å². The molecule has 0 aliphatic heterocycles. The Morgan fingerprint density at radius 1 is 1.17 bits per heavy atom. The predicted molar refractivity (Wildman–Crippen MR) is 123 cm³/mol. The van der Waals surface area contributed by atoms with Gasteiger partial charge in [-0.05, 0) is 48.1 Å². The van der Waals surface area contributed by atoms with Gasteiger partial charge in [-0.15, -0.1) is 5.10 Å². The standard InChI is InChI=1S/C23H18F3N5O4S/c1-12-7-15(19-17(24)3-2-4-18(19)35-21(25)26)16(9-27-12)20(33)29-22-30-31-23(36-22)34-11-14-6-5-13(10-32)8-28-14/h2-9,21,32H,10-11H2,1H3,(H,29,30,33). The first-order chi connectivity index (χ1) is 17.3. The molecule has 4 rings (SSSR count). The second-order valence-corrected chi connectivity index (χ2v) is 8.23. The second-order valence-electron chi connectivity index (χ2n) is 7.29. The van der Waals surface area contributed by atoms with Gasteiger partial charge in [0.2, 0.25) is 5.13 Å². The Kier molecular flexibility index (Phi) is 7.71. The number of amides is 1. The minimum Gasteiger partial charge on any atom is -0.462 e. The summed E-state index contributed by atoms with van der Waals surface area (Å²) in [7, 11) is 0. The summed E-state index contributed by atoms with van der Waals surface area (Å²) in [6.45, 7) is -1.61. The topological polar surface area (TPSA) is 119 Å². The molecule has 0 aliphatic carbocycles. The van der Waals surface area contributed by atoms with Crippen LogP contribution in [0.25, 0.3) is 11.1 Å². The Morgan fingerprint density at radius 2 is 2.00 bits per heavy atom. The van der Waals surface area contributed by atoms with Crippen LogP contribution in [-0.4, -0.2) is 37.8 Å². The van der Waals surface area contributed by atoms with Gasteiger partial charge in [0, 0.05) is 23.7 Å². The molecule has 13 heteroatoms. The number of alkyl halides is 2. The largest absolute Gasteiger partial charge is 0.462 e. The highest BCUT2D eigenvalue weighted by Gasteiger charge is 2.23. The van der Waals surface area contributed by atoms with Crippen molar-refractivity contribution in [2.75, 3.05) is 5.32 Å². The van der Waals surface area contributed by atoms with Crippen molar-refractivity contribution in [2.24, 2.45) is 0 Å². The molecule has 1 aromatic carbocycles. The smallest absolute Gasteiger partial charge is 0.387 e. The van der Waals surface area contributed by atoms with Crippen molar-refractivity contribution in [1.29, 1.82) is 0 Å². The third kappa shape index (κ3) is 5.93. The SMILES string of the molecule is Cc1cc(-c2c(F)cccc2OC(F)F)c(C(=O)Nc2nnc(OCc3ccc(CO)cn3)s2)cn1. The molecule has 3 heterocycles. The van der Waals surface area contributed by atoms with Crippen LogP contribution < -0.4 is 14.8 Å². The van der Waals surface area contributed by atoms with Gasteiger partial charge in [-0.25, -0.2) is 4.39 Å². The molecular weight excluding hydrogens is 499 g/mol. The first-order valence-corrected chi connectivity index (χ1v) is 11.2. The lowest BCUT2D eigenvalue weighted by Gasteiger charge is -2.15. The number of rotatable bonds is 9. The van der Waals surface area contributed by atoms with Crippen molar-refractivity contribution in [3.05, 3.63) is 77.1 Å². The van der Waals surface area contributed by atoms with E-state index in [4.69, 9.17) is 9.84 Å². The van der Waals surface area contributed by atoms with E-state index in [-0.39, 0.29) is 40.2 Å². The van der Waals surface area contributed by atoms with E-state index in [9.17, 15) is 18.0 Å². The average Bonchev–Trinajstić information content (AvgIpc) is 3.30. The van der Waals surface area contributed by atoms with Crippen LogP contribution in [0.5, 0.6) is 10.9 Å². The van der Waals surface area contributed by atoms with Gasteiger partial charge in [0.25, 0.3) is 11.1 Å². The third-order valence-corrected chi connectivity index (χ3v) is 5.54. The molecule has 9 nitrogen and oxygen atoms in total. The van der Waals surface area contributed by atoms with Crippen molar-refractivity contribution >= 4 is 22.4 Å². The number of carbonyl (C=O) groups is 1. The molecule has 0 saturated carbocycles. The van der Waals surface area contributed by atoms with Crippen LogP contribution in [0.2, 0.25) is 0 Å². The normalized spacial score (nSPS) is 10.9. The zero-order chi connectivity index (χ0) is 25.7. The molecule has 0 spiro atoms. The highest BCUT2D eigenvalue weighted by Crippen LogP contribution is 2.36. The first kappa shape index (κ1) is 25.0. The first-order valence-electron chi connectivity index (χ1n) is 10.4. The van der Waals surface area contributed by atoms with Crippen LogP contribution in [0.15, 0.2) is 48.8 Å². The summed E-state index contributed by atoms with van der Waals surface area (Å²) >= 11 is 0.940. The number of hydrogen-bond acceptors (Lipinski definition) is 9. The monoisotopic (exact) mass is 517 g/mol. The zero-order valence-electron chi connectivity index (χ0n) is 18.6. The van der Waals surface area contributed by atoms with Crippen molar-refractivity contribution < 1.29 is 32.5 Å². The summed E-state index contributed by atoms with van der Waals surface area (Å²) in [5.74, 6) is -1.98. The van der Waals surface area contributed by atoms with Gasteiger partial charge in [-0.3, -0.25) is 20.1 Å². The highest BCUT2D eigenvalue weighted by molar-refractivity contribution is 7.17. The number of aromatic nitrogens is 4. The van der Waals surface area contributed by atoms with Crippen LogP contribution in [0.3, 0.4) is 0 Å². The van der Waals surface area contributed by atoms with Gasteiger partial charge in [-0.1, -0.05) is 17.2 Å². The Bertz CT molecular complexity index is 1370. The van der Waals surface area contributed by atoms with Crippen molar-refractivity contribution in [3.63, 3.8) is 0 Å². The van der Waals surface area contributed by atoms with E-state index in [1.165, 1.54) is 30.6 Å². The van der Waals surface area contributed by atoms with Gasteiger partial charge < -0.3 is 14.6 Å². The molecule has 0 radical (unpaired) electrons. The number of pyridine rings is 2. The van der Waals surface area contributed by atoms with E-state index in [0.717, 1.165) is 17.4 Å². The van der Waals surface area contributed by atoms with E-state index in [1.54, 1.807) is 19.1 Å². The van der Waals surface area contributed by atoms with E-state index in [1.807, 2.05) is 0 Å². The van der Waals surface area contributed by atoms with Crippen LogP contribution in [-0.2, 0) is 13.2 Å². The molecule has 0 unspecified atom stereocenters. The Balaban J connectivity index is 1.53. The fraction of sp³-hybridized carbons (Fsp3) is 0.174. The zero-order valence-corrected chi connectivity index (χ0v) is 19.4. The fourth-order valence-electron chi connectivity index (χ4n) is 3.16. The minimum absolute atomic E-state index is 0.0205. The highest BCUT2D eigenvalue weighted by atomic mass is 32.1. The number of carbonyl (C=O) groups excluding carboxylic acids is 1. The molecule has 186 valence electrons. The number of hydrogen-bond donors (Lipinski definition) is 2. The summed E-state index contributed by atoms with van der Waals surface area (Å²) < 4.78 is 50.5. The summed E-state index contributed by atoms with van der Waals surface area (Å²) in [6.07, 6.45) is 2.73. The summed E-state index contributed by atoms with van der Waals surface area (Å²) in [5, 5.41) is 19.6. The lowest BCUT2D eigenvalue weighted by molar-refractivity contribution is -0.0495. The lowest BCUT2D eigenvalue weighted by Crippen LogP contribution is -2.14. The maximum absolute atomic E-state index is 14.7. The molecule has 0 aliphatic rings. The van der Waals surface area contributed by atoms with E-state index in [0.29, 0.717) is 17.0 Å². The molecule has 1 amide bonds. The summed E-state index contributed by atoms with van der Waals surface area (Å²) in [5.41, 5.74) is 1.32. The van der Waals surface area contributed by atoms with Gasteiger partial charge in [0.1, 0.15) is 18.2 Å². The number of benzene rings is 1. The van der Waals surface area contributed by atoms with E-state index < -0.39 is 24.1 Å². The summed E-state index contributed by atoms with van der Waals surface area (Å²) in [4.78, 5) is 21.2. The van der Waals surface area contributed by atoms with Gasteiger partial charge in [-0.2, -0.15) is 8.78 Å². The molecule has 36 heavy (non-hydrogen) atoms. The molecule has 4 aromatic rings. The molecule has 2 N–H and O–H groups in total. The van der Waals surface area contributed by atoms with Crippen LogP contribution in [0.1, 0.15) is 27.3 Å². The quantitative estimate of drug-likeness (QED) is 0.336. The van der Waals surface area contributed by atoms with Gasteiger partial charge in [0.15, 0.2) is 0 Å². The van der Waals surface area contributed by atoms with Crippen LogP contribution in [0, 0.1) is 12.7 Å². The van der Waals surface area contributed by atoms with Crippen molar-refractivity contribution in [3.8, 4) is 22.1 Å². The molecular formula is C23H18F3N5O4S. The van der Waals surface area contributed by atoms with Gasteiger partial charge in [0.05, 0.1) is 23.4 Å². The number of nitrogens with one attached hydrogen (secondary N) is 1. The fourth-order valence-corrected chi connectivity index (χ4v) is 3.75. The lowest BCUT2D eigenvalue weighted by atomic mass is 9.98. The van der Waals surface area contributed by atoms with Crippen LogP contribution in [0.4, 0.5) is 18.3 Å².